The minimum absolute atomic E-state index is 0.147. The van der Waals surface area contributed by atoms with Crippen molar-refractivity contribution in [3.63, 3.8) is 0 Å². The molecule has 2 amide bonds. The van der Waals surface area contributed by atoms with E-state index >= 15 is 0 Å². The first-order chi connectivity index (χ1) is 10.0. The molecule has 0 radical (unpaired) electrons. The zero-order valence-corrected chi connectivity index (χ0v) is 13.2. The van der Waals surface area contributed by atoms with Crippen molar-refractivity contribution in [3.8, 4) is 0 Å². The summed E-state index contributed by atoms with van der Waals surface area (Å²) in [5.41, 5.74) is 0.147. The van der Waals surface area contributed by atoms with Gasteiger partial charge in [0.1, 0.15) is 5.00 Å². The Morgan fingerprint density at radius 3 is 2.90 bits per heavy atom. The van der Waals surface area contributed by atoms with E-state index in [0.29, 0.717) is 11.5 Å². The monoisotopic (exact) mass is 311 g/mol. The molecule has 2 rings (SSSR count). The van der Waals surface area contributed by atoms with Gasteiger partial charge in [0.25, 0.3) is 0 Å². The molecule has 7 heteroatoms. The molecular formula is C14H21N3O3S. The Kier molecular flexibility index (Phi) is 5.19. The van der Waals surface area contributed by atoms with Crippen molar-refractivity contribution in [2.24, 2.45) is 0 Å². The van der Waals surface area contributed by atoms with Gasteiger partial charge in [0.2, 0.25) is 0 Å². The third kappa shape index (κ3) is 3.74. The van der Waals surface area contributed by atoms with Crippen LogP contribution in [0, 0.1) is 0 Å². The number of rotatable bonds is 3. The predicted molar refractivity (Wildman–Crippen MR) is 83.2 cm³/mol. The Labute approximate surface area is 128 Å². The number of anilines is 1. The van der Waals surface area contributed by atoms with E-state index in [0.717, 1.165) is 25.9 Å². The van der Waals surface area contributed by atoms with Crippen LogP contribution < -0.4 is 5.32 Å². The number of likely N-dealkylation sites (N-methyl/N-ethyl adjacent to an activating group) is 1. The fourth-order valence-electron chi connectivity index (χ4n) is 2.60. The number of carbonyl (C=O) groups is 2. The maximum atomic E-state index is 12.5. The molecule has 0 aromatic carbocycles. The van der Waals surface area contributed by atoms with Crippen molar-refractivity contribution in [3.05, 3.63) is 17.0 Å². The molecule has 2 heterocycles. The van der Waals surface area contributed by atoms with Gasteiger partial charge in [-0.2, -0.15) is 0 Å². The first kappa shape index (κ1) is 15.8. The molecule has 0 spiro atoms. The first-order valence-corrected chi connectivity index (χ1v) is 7.97. The van der Waals surface area contributed by atoms with Gasteiger partial charge in [-0.15, -0.1) is 11.3 Å². The molecule has 1 aromatic rings. The van der Waals surface area contributed by atoms with Gasteiger partial charge in [-0.25, -0.2) is 9.59 Å². The van der Waals surface area contributed by atoms with Gasteiger partial charge in [0.05, 0.1) is 5.56 Å². The Balaban J connectivity index is 2.10. The van der Waals surface area contributed by atoms with E-state index < -0.39 is 5.97 Å². The van der Waals surface area contributed by atoms with Gasteiger partial charge >= 0.3 is 12.0 Å². The lowest BCUT2D eigenvalue weighted by Gasteiger charge is -2.30. The van der Waals surface area contributed by atoms with Crippen molar-refractivity contribution in [1.82, 2.24) is 9.80 Å². The summed E-state index contributed by atoms with van der Waals surface area (Å²) in [7, 11) is 2.06. The highest BCUT2D eigenvalue weighted by Crippen LogP contribution is 2.24. The third-order valence-corrected chi connectivity index (χ3v) is 4.58. The summed E-state index contributed by atoms with van der Waals surface area (Å²) in [5.74, 6) is -1.02. The van der Waals surface area contributed by atoms with Crippen LogP contribution in [0.3, 0.4) is 0 Å². The van der Waals surface area contributed by atoms with Crippen LogP contribution in [-0.2, 0) is 0 Å². The van der Waals surface area contributed by atoms with E-state index in [1.165, 1.54) is 17.4 Å². The summed E-state index contributed by atoms with van der Waals surface area (Å²) in [6.07, 6.45) is 1.81. The van der Waals surface area contributed by atoms with Crippen LogP contribution in [-0.4, -0.2) is 59.6 Å². The molecule has 21 heavy (non-hydrogen) atoms. The van der Waals surface area contributed by atoms with Crippen LogP contribution in [0.1, 0.15) is 30.1 Å². The number of aromatic carboxylic acids is 1. The van der Waals surface area contributed by atoms with Gasteiger partial charge < -0.3 is 14.9 Å². The number of carbonyl (C=O) groups excluding carboxylic acids is 1. The molecule has 1 aromatic heterocycles. The van der Waals surface area contributed by atoms with E-state index in [-0.39, 0.29) is 17.6 Å². The molecule has 2 N–H and O–H groups in total. The predicted octanol–water partition coefficient (Wildman–Crippen LogP) is 2.39. The van der Waals surface area contributed by atoms with Crippen LogP contribution >= 0.6 is 11.3 Å². The van der Waals surface area contributed by atoms with Gasteiger partial charge in [0, 0.05) is 19.1 Å². The summed E-state index contributed by atoms with van der Waals surface area (Å²) in [5, 5.41) is 13.9. The lowest BCUT2D eigenvalue weighted by atomic mass is 10.2. The second-order valence-corrected chi connectivity index (χ2v) is 6.19. The Bertz CT molecular complexity index is 517. The minimum atomic E-state index is -1.02. The average molecular weight is 311 g/mol. The number of carboxylic acid groups (broad SMARTS) is 1. The van der Waals surface area contributed by atoms with E-state index in [2.05, 4.69) is 24.2 Å². The standard InChI is InChI=1S/C14H21N3O3S/c1-3-10-9-16(2)6-4-7-17(10)14(20)15-12-11(13(18)19)5-8-21-12/h5,8,10H,3-4,6-7,9H2,1-2H3,(H,15,20)(H,18,19). The second-order valence-electron chi connectivity index (χ2n) is 5.27. The number of thiophene rings is 1. The van der Waals surface area contributed by atoms with Crippen molar-refractivity contribution in [2.45, 2.75) is 25.8 Å². The highest BCUT2D eigenvalue weighted by Gasteiger charge is 2.27. The van der Waals surface area contributed by atoms with E-state index in [1.54, 1.807) is 5.38 Å². The number of amides is 2. The topological polar surface area (TPSA) is 72.9 Å². The van der Waals surface area contributed by atoms with Crippen LogP contribution in [0.5, 0.6) is 0 Å². The number of nitrogens with zero attached hydrogens (tertiary/aromatic N) is 2. The maximum Gasteiger partial charge on any atom is 0.338 e. The van der Waals surface area contributed by atoms with Crippen LogP contribution in [0.4, 0.5) is 9.80 Å². The molecule has 1 aliphatic heterocycles. The summed E-state index contributed by atoms with van der Waals surface area (Å²) < 4.78 is 0. The molecule has 1 fully saturated rings. The maximum absolute atomic E-state index is 12.5. The normalized spacial score (nSPS) is 20.1. The molecule has 0 bridgehead atoms. The largest absolute Gasteiger partial charge is 0.478 e. The lowest BCUT2D eigenvalue weighted by molar-refractivity contribution is 0.0698. The molecule has 0 saturated carbocycles. The summed E-state index contributed by atoms with van der Waals surface area (Å²) in [6.45, 7) is 4.58. The number of urea groups is 1. The Hall–Kier alpha value is -1.60. The van der Waals surface area contributed by atoms with E-state index in [1.807, 2.05) is 4.90 Å². The van der Waals surface area contributed by atoms with Gasteiger partial charge in [0.15, 0.2) is 0 Å². The molecule has 6 nitrogen and oxygen atoms in total. The molecule has 1 unspecified atom stereocenters. The number of nitrogens with one attached hydrogen (secondary N) is 1. The van der Waals surface area contributed by atoms with Crippen LogP contribution in [0.25, 0.3) is 0 Å². The highest BCUT2D eigenvalue weighted by atomic mass is 32.1. The zero-order valence-electron chi connectivity index (χ0n) is 12.3. The van der Waals surface area contributed by atoms with Crippen LogP contribution in [0.2, 0.25) is 0 Å². The molecule has 116 valence electrons. The van der Waals surface area contributed by atoms with Gasteiger partial charge in [-0.1, -0.05) is 6.92 Å². The Morgan fingerprint density at radius 2 is 2.24 bits per heavy atom. The first-order valence-electron chi connectivity index (χ1n) is 7.09. The SMILES string of the molecule is CCC1CN(C)CCCN1C(=O)Nc1sccc1C(=O)O. The van der Waals surface area contributed by atoms with E-state index in [4.69, 9.17) is 5.11 Å². The second kappa shape index (κ2) is 6.91. The molecular weight excluding hydrogens is 290 g/mol. The number of carboxylic acids is 1. The minimum Gasteiger partial charge on any atom is -0.478 e. The molecule has 1 atom stereocenters. The highest BCUT2D eigenvalue weighted by molar-refractivity contribution is 7.14. The zero-order chi connectivity index (χ0) is 15.4. The van der Waals surface area contributed by atoms with Crippen molar-refractivity contribution >= 4 is 28.3 Å². The number of hydrogen-bond acceptors (Lipinski definition) is 4. The smallest absolute Gasteiger partial charge is 0.338 e. The quantitative estimate of drug-likeness (QED) is 0.899. The van der Waals surface area contributed by atoms with Crippen molar-refractivity contribution < 1.29 is 14.7 Å². The third-order valence-electron chi connectivity index (χ3n) is 3.75. The van der Waals surface area contributed by atoms with Crippen molar-refractivity contribution in [2.75, 3.05) is 32.0 Å². The molecule has 0 aliphatic carbocycles. The summed E-state index contributed by atoms with van der Waals surface area (Å²) in [6, 6.07) is 1.46. The fourth-order valence-corrected chi connectivity index (χ4v) is 3.37. The Morgan fingerprint density at radius 1 is 1.48 bits per heavy atom. The number of hydrogen-bond donors (Lipinski definition) is 2. The molecule has 1 aliphatic rings. The average Bonchev–Trinajstić information content (AvgIpc) is 2.80. The van der Waals surface area contributed by atoms with Gasteiger partial charge in [-0.05, 0) is 37.9 Å². The van der Waals surface area contributed by atoms with E-state index in [9.17, 15) is 9.59 Å². The van der Waals surface area contributed by atoms with Gasteiger partial charge in [-0.3, -0.25) is 5.32 Å². The van der Waals surface area contributed by atoms with Crippen molar-refractivity contribution in [1.29, 1.82) is 0 Å². The fraction of sp³-hybridized carbons (Fsp3) is 0.571. The lowest BCUT2D eigenvalue weighted by Crippen LogP contribution is -2.45. The summed E-state index contributed by atoms with van der Waals surface area (Å²) in [4.78, 5) is 27.6. The van der Waals surface area contributed by atoms with Crippen LogP contribution in [0.15, 0.2) is 11.4 Å². The summed E-state index contributed by atoms with van der Waals surface area (Å²) >= 11 is 1.23. The molecule has 1 saturated heterocycles.